The zero-order valence-corrected chi connectivity index (χ0v) is 22.4. The van der Waals surface area contributed by atoms with Gasteiger partial charge in [0.05, 0.1) is 29.9 Å². The molecule has 0 bridgehead atoms. The monoisotopic (exact) mass is 516 g/mol. The van der Waals surface area contributed by atoms with E-state index < -0.39 is 0 Å². The van der Waals surface area contributed by atoms with Crippen LogP contribution < -0.4 is 15.0 Å². The van der Waals surface area contributed by atoms with Crippen molar-refractivity contribution in [3.05, 3.63) is 106 Å². The number of halogens is 1. The van der Waals surface area contributed by atoms with Crippen LogP contribution in [-0.4, -0.2) is 21.8 Å². The molecule has 0 unspecified atom stereocenters. The van der Waals surface area contributed by atoms with Crippen LogP contribution in [0.25, 0.3) is 5.69 Å². The van der Waals surface area contributed by atoms with Crippen LogP contribution in [0.1, 0.15) is 47.2 Å². The Morgan fingerprint density at radius 1 is 1.03 bits per heavy atom. The third kappa shape index (κ3) is 4.25. The summed E-state index contributed by atoms with van der Waals surface area (Å²) < 4.78 is 7.69. The number of nitrogens with one attached hydrogen (secondary N) is 1. The highest BCUT2D eigenvalue weighted by atomic mass is 35.5. The van der Waals surface area contributed by atoms with Crippen LogP contribution in [-0.2, 0) is 6.42 Å². The molecule has 1 saturated heterocycles. The molecule has 36 heavy (non-hydrogen) atoms. The minimum absolute atomic E-state index is 0.119. The number of methoxy groups -OCH3 is 1. The number of aryl methyl sites for hydroxylation is 2. The molecule has 5 nitrogen and oxygen atoms in total. The normalized spacial score (nSPS) is 17.4. The van der Waals surface area contributed by atoms with Crippen molar-refractivity contribution in [2.75, 3.05) is 12.0 Å². The molecule has 7 heteroatoms. The first-order valence-corrected chi connectivity index (χ1v) is 12.8. The molecule has 0 aliphatic carbocycles. The number of pyridine rings is 1. The van der Waals surface area contributed by atoms with Crippen molar-refractivity contribution in [3.8, 4) is 11.4 Å². The van der Waals surface area contributed by atoms with E-state index in [9.17, 15) is 0 Å². The Bertz CT molecular complexity index is 1400. The lowest BCUT2D eigenvalue weighted by atomic mass is 9.96. The van der Waals surface area contributed by atoms with Gasteiger partial charge in [-0.05, 0) is 92.1 Å². The SMILES string of the molecule is CCc1ccc(-n2c(C)cc([C@H]3[C@@H](c4ccccn4)NC(=S)N3c3ccc(OC)c(Cl)c3)c2C)cc1. The molecule has 0 radical (unpaired) electrons. The van der Waals surface area contributed by atoms with Crippen LogP contribution in [0, 0.1) is 13.8 Å². The zero-order chi connectivity index (χ0) is 25.4. The third-order valence-corrected chi connectivity index (χ3v) is 7.51. The molecular formula is C29H29ClN4OS. The second-order valence-electron chi connectivity index (χ2n) is 9.00. The van der Waals surface area contributed by atoms with Gasteiger partial charge in [-0.3, -0.25) is 4.98 Å². The number of anilines is 1. The van der Waals surface area contributed by atoms with Crippen molar-refractivity contribution in [2.24, 2.45) is 0 Å². The lowest BCUT2D eigenvalue weighted by Gasteiger charge is -2.28. The van der Waals surface area contributed by atoms with E-state index in [4.69, 9.17) is 28.6 Å². The molecule has 5 rings (SSSR count). The molecule has 3 heterocycles. The van der Waals surface area contributed by atoms with E-state index in [1.54, 1.807) is 7.11 Å². The highest BCUT2D eigenvalue weighted by molar-refractivity contribution is 7.80. The number of nitrogens with zero attached hydrogens (tertiary/aromatic N) is 3. The number of benzene rings is 2. The lowest BCUT2D eigenvalue weighted by Crippen LogP contribution is -2.29. The Morgan fingerprint density at radius 3 is 2.42 bits per heavy atom. The maximum absolute atomic E-state index is 6.54. The number of thiocarbonyl (C=S) groups is 1. The summed E-state index contributed by atoms with van der Waals surface area (Å²) in [6.45, 7) is 6.49. The van der Waals surface area contributed by atoms with Gasteiger partial charge in [0.1, 0.15) is 5.75 Å². The van der Waals surface area contributed by atoms with Crippen molar-refractivity contribution in [1.82, 2.24) is 14.9 Å². The molecule has 2 atom stereocenters. The van der Waals surface area contributed by atoms with Crippen molar-refractivity contribution < 1.29 is 4.74 Å². The van der Waals surface area contributed by atoms with Gasteiger partial charge in [-0.15, -0.1) is 0 Å². The number of hydrogen-bond acceptors (Lipinski definition) is 3. The largest absolute Gasteiger partial charge is 0.495 e. The van der Waals surface area contributed by atoms with Gasteiger partial charge in [0, 0.05) is 29.0 Å². The first kappa shape index (κ1) is 24.3. The Hall–Kier alpha value is -3.35. The smallest absolute Gasteiger partial charge is 0.174 e. The van der Waals surface area contributed by atoms with Crippen LogP contribution in [0.3, 0.4) is 0 Å². The van der Waals surface area contributed by atoms with Crippen LogP contribution in [0.15, 0.2) is 72.9 Å². The second-order valence-corrected chi connectivity index (χ2v) is 9.79. The first-order chi connectivity index (χ1) is 17.4. The molecular weight excluding hydrogens is 488 g/mol. The summed E-state index contributed by atoms with van der Waals surface area (Å²) in [6, 6.07) is 22.6. The number of ether oxygens (including phenoxy) is 1. The fourth-order valence-corrected chi connectivity index (χ4v) is 5.72. The molecule has 4 aromatic rings. The predicted molar refractivity (Wildman–Crippen MR) is 151 cm³/mol. The minimum Gasteiger partial charge on any atom is -0.495 e. The fraction of sp³-hybridized carbons (Fsp3) is 0.241. The van der Waals surface area contributed by atoms with Crippen molar-refractivity contribution >= 4 is 34.6 Å². The molecule has 2 aromatic carbocycles. The van der Waals surface area contributed by atoms with E-state index in [-0.39, 0.29) is 12.1 Å². The Balaban J connectivity index is 1.66. The van der Waals surface area contributed by atoms with Crippen molar-refractivity contribution in [2.45, 2.75) is 39.3 Å². The van der Waals surface area contributed by atoms with Crippen molar-refractivity contribution in [3.63, 3.8) is 0 Å². The van der Waals surface area contributed by atoms with Gasteiger partial charge >= 0.3 is 0 Å². The van der Waals surface area contributed by atoms with Gasteiger partial charge in [-0.1, -0.05) is 36.7 Å². The van der Waals surface area contributed by atoms with Crippen LogP contribution in [0.4, 0.5) is 5.69 Å². The van der Waals surface area contributed by atoms with Gasteiger partial charge < -0.3 is 19.5 Å². The maximum Gasteiger partial charge on any atom is 0.174 e. The van der Waals surface area contributed by atoms with Gasteiger partial charge in [-0.2, -0.15) is 0 Å². The standard InChI is InChI=1S/C29H29ClN4OS/c1-5-20-9-11-21(12-10-20)33-18(2)16-23(19(33)3)28-27(25-8-6-7-15-31-25)32-29(36)34(28)22-13-14-26(35-4)24(30)17-22/h6-17,27-28H,5H2,1-4H3,(H,32,36)/t27-,28+/m1/s1. The van der Waals surface area contributed by atoms with E-state index >= 15 is 0 Å². The molecule has 0 spiro atoms. The highest BCUT2D eigenvalue weighted by Crippen LogP contribution is 2.44. The quantitative estimate of drug-likeness (QED) is 0.283. The first-order valence-electron chi connectivity index (χ1n) is 12.0. The number of rotatable bonds is 6. The Morgan fingerprint density at radius 2 is 1.78 bits per heavy atom. The summed E-state index contributed by atoms with van der Waals surface area (Å²) in [6.07, 6.45) is 2.84. The minimum atomic E-state index is -0.129. The van der Waals surface area contributed by atoms with E-state index in [2.05, 4.69) is 70.9 Å². The van der Waals surface area contributed by atoms with Gasteiger partial charge in [0.2, 0.25) is 0 Å². The maximum atomic E-state index is 6.54. The topological polar surface area (TPSA) is 42.3 Å². The average molecular weight is 517 g/mol. The summed E-state index contributed by atoms with van der Waals surface area (Å²) in [5.74, 6) is 0.630. The lowest BCUT2D eigenvalue weighted by molar-refractivity contribution is 0.415. The highest BCUT2D eigenvalue weighted by Gasteiger charge is 2.42. The molecule has 2 aromatic heterocycles. The summed E-state index contributed by atoms with van der Waals surface area (Å²) in [5, 5.41) is 4.71. The van der Waals surface area contributed by atoms with E-state index in [0.717, 1.165) is 29.2 Å². The van der Waals surface area contributed by atoms with Gasteiger partial charge in [-0.25, -0.2) is 0 Å². The Kier molecular flexibility index (Phi) is 6.73. The predicted octanol–water partition coefficient (Wildman–Crippen LogP) is 6.89. The Labute approximate surface area is 222 Å². The molecule has 1 fully saturated rings. The van der Waals surface area contributed by atoms with E-state index in [1.165, 1.54) is 16.8 Å². The molecule has 1 aliphatic rings. The molecule has 0 saturated carbocycles. The fourth-order valence-electron chi connectivity index (χ4n) is 5.12. The molecule has 184 valence electrons. The zero-order valence-electron chi connectivity index (χ0n) is 20.8. The van der Waals surface area contributed by atoms with Gasteiger partial charge in [0.25, 0.3) is 0 Å². The summed E-state index contributed by atoms with van der Waals surface area (Å²) in [5.41, 5.74) is 7.82. The molecule has 0 amide bonds. The number of hydrogen-bond donors (Lipinski definition) is 1. The van der Waals surface area contributed by atoms with Crippen molar-refractivity contribution in [1.29, 1.82) is 0 Å². The summed E-state index contributed by atoms with van der Waals surface area (Å²) in [4.78, 5) is 6.82. The third-order valence-electron chi connectivity index (χ3n) is 6.90. The molecule has 1 aliphatic heterocycles. The van der Waals surface area contributed by atoms with Crippen LogP contribution >= 0.6 is 23.8 Å². The second kappa shape index (κ2) is 9.96. The van der Waals surface area contributed by atoms with E-state index in [0.29, 0.717) is 15.9 Å². The van der Waals surface area contributed by atoms with Crippen LogP contribution in [0.5, 0.6) is 5.75 Å². The van der Waals surface area contributed by atoms with E-state index in [1.807, 2.05) is 42.6 Å². The number of aromatic nitrogens is 2. The van der Waals surface area contributed by atoms with Gasteiger partial charge in [0.15, 0.2) is 5.11 Å². The average Bonchev–Trinajstić information content (AvgIpc) is 3.39. The molecule has 1 N–H and O–H groups in total. The summed E-state index contributed by atoms with van der Waals surface area (Å²) in [7, 11) is 1.62. The summed E-state index contributed by atoms with van der Waals surface area (Å²) >= 11 is 12.4. The van der Waals surface area contributed by atoms with Crippen LogP contribution in [0.2, 0.25) is 5.02 Å².